The molecule has 0 radical (unpaired) electrons. The summed E-state index contributed by atoms with van der Waals surface area (Å²) in [6.07, 6.45) is 4.55. The van der Waals surface area contributed by atoms with E-state index in [1.165, 1.54) is 4.88 Å². The normalized spacial score (nSPS) is 15.3. The average molecular weight is 474 g/mol. The Balaban J connectivity index is 0.00000225. The highest BCUT2D eigenvalue weighted by Crippen LogP contribution is 2.16. The third kappa shape index (κ3) is 4.94. The van der Waals surface area contributed by atoms with Crippen LogP contribution >= 0.6 is 35.3 Å². The Kier molecular flexibility index (Phi) is 7.24. The van der Waals surface area contributed by atoms with Crippen LogP contribution in [0.25, 0.3) is 0 Å². The summed E-state index contributed by atoms with van der Waals surface area (Å²) in [7, 11) is 3.61. The van der Waals surface area contributed by atoms with E-state index in [2.05, 4.69) is 32.9 Å². The van der Waals surface area contributed by atoms with Gasteiger partial charge in [0.05, 0.1) is 11.9 Å². The third-order valence-electron chi connectivity index (χ3n) is 3.97. The molecule has 1 aliphatic rings. The van der Waals surface area contributed by atoms with E-state index in [9.17, 15) is 4.79 Å². The molecule has 1 amide bonds. The van der Waals surface area contributed by atoms with Crippen LogP contribution in [-0.2, 0) is 18.3 Å². The van der Waals surface area contributed by atoms with E-state index in [1.807, 2.05) is 18.1 Å². The molecular weight excluding hydrogens is 451 g/mol. The number of aromatic nitrogens is 2. The van der Waals surface area contributed by atoms with Gasteiger partial charge in [0, 0.05) is 44.8 Å². The first kappa shape index (κ1) is 19.7. The lowest BCUT2D eigenvalue weighted by atomic mass is 10.3. The number of halogens is 1. The van der Waals surface area contributed by atoms with Crippen molar-refractivity contribution in [1.82, 2.24) is 20.0 Å². The largest absolute Gasteiger partial charge is 0.356 e. The van der Waals surface area contributed by atoms with Crippen molar-refractivity contribution in [2.75, 3.05) is 38.1 Å². The van der Waals surface area contributed by atoms with Crippen molar-refractivity contribution in [3.8, 4) is 0 Å². The van der Waals surface area contributed by atoms with E-state index in [0.29, 0.717) is 13.1 Å². The molecule has 136 valence electrons. The summed E-state index contributed by atoms with van der Waals surface area (Å²) < 4.78 is 1.71. The summed E-state index contributed by atoms with van der Waals surface area (Å²) in [6.45, 7) is 2.52. The number of guanidine groups is 1. The van der Waals surface area contributed by atoms with Gasteiger partial charge in [-0.3, -0.25) is 14.5 Å². The number of nitrogens with one attached hydrogen (secondary N) is 1. The number of thiophene rings is 1. The molecule has 0 atom stereocenters. The first-order chi connectivity index (χ1) is 11.7. The van der Waals surface area contributed by atoms with Crippen LogP contribution in [0.3, 0.4) is 0 Å². The molecule has 0 unspecified atom stereocenters. The van der Waals surface area contributed by atoms with Gasteiger partial charge in [0.1, 0.15) is 6.54 Å². The van der Waals surface area contributed by atoms with Crippen molar-refractivity contribution >= 4 is 52.9 Å². The second-order valence-electron chi connectivity index (χ2n) is 5.64. The fourth-order valence-electron chi connectivity index (χ4n) is 2.76. The lowest BCUT2D eigenvalue weighted by Crippen LogP contribution is -2.55. The molecule has 0 aliphatic carbocycles. The first-order valence-corrected chi connectivity index (χ1v) is 8.82. The predicted molar refractivity (Wildman–Crippen MR) is 112 cm³/mol. The minimum absolute atomic E-state index is 0. The van der Waals surface area contributed by atoms with Crippen LogP contribution in [0.1, 0.15) is 4.88 Å². The molecule has 0 spiro atoms. The number of hydrogen-bond acceptors (Lipinski definition) is 4. The molecular formula is C16H23IN6OS. The van der Waals surface area contributed by atoms with Crippen molar-refractivity contribution in [1.29, 1.82) is 0 Å². The van der Waals surface area contributed by atoms with Gasteiger partial charge in [-0.05, 0) is 17.9 Å². The number of nitrogens with zero attached hydrogens (tertiary/aromatic N) is 5. The molecule has 3 rings (SSSR count). The predicted octanol–water partition coefficient (Wildman–Crippen LogP) is 1.57. The van der Waals surface area contributed by atoms with Gasteiger partial charge in [-0.1, -0.05) is 6.07 Å². The number of aryl methyl sites for hydroxylation is 1. The molecule has 2 aromatic rings. The molecule has 1 saturated heterocycles. The number of carbonyl (C=O) groups excluding carboxylic acids is 1. The van der Waals surface area contributed by atoms with Gasteiger partial charge in [0.25, 0.3) is 0 Å². The summed E-state index contributed by atoms with van der Waals surface area (Å²) >= 11 is 1.76. The molecule has 1 fully saturated rings. The summed E-state index contributed by atoms with van der Waals surface area (Å²) in [5.41, 5.74) is 0.850. The lowest BCUT2D eigenvalue weighted by molar-refractivity contribution is -0.120. The van der Waals surface area contributed by atoms with Gasteiger partial charge in [0.15, 0.2) is 5.96 Å². The maximum absolute atomic E-state index is 12.5. The summed E-state index contributed by atoms with van der Waals surface area (Å²) in [6, 6.07) is 4.19. The van der Waals surface area contributed by atoms with Crippen molar-refractivity contribution in [2.45, 2.75) is 6.42 Å². The standard InChI is InChI=1S/C16H22N6OS.HI/c1-17-16(18-6-5-14-4-3-9-24-14)21-7-8-22(15(23)12-21)13-10-19-20(2)11-13;/h3-4,9-11H,5-8,12H2,1-2H3,(H,17,18);1H. The number of anilines is 1. The topological polar surface area (TPSA) is 65.8 Å². The van der Waals surface area contributed by atoms with Gasteiger partial charge in [-0.25, -0.2) is 0 Å². The van der Waals surface area contributed by atoms with Crippen LogP contribution in [0.15, 0.2) is 34.9 Å². The number of rotatable bonds is 4. The Morgan fingerprint density at radius 2 is 2.28 bits per heavy atom. The second kappa shape index (κ2) is 9.18. The van der Waals surface area contributed by atoms with Crippen molar-refractivity contribution < 1.29 is 4.79 Å². The fourth-order valence-corrected chi connectivity index (χ4v) is 3.47. The number of carbonyl (C=O) groups is 1. The van der Waals surface area contributed by atoms with Gasteiger partial charge in [0.2, 0.25) is 5.91 Å². The minimum Gasteiger partial charge on any atom is -0.356 e. The average Bonchev–Trinajstić information content (AvgIpc) is 3.23. The van der Waals surface area contributed by atoms with Gasteiger partial charge >= 0.3 is 0 Å². The van der Waals surface area contributed by atoms with E-state index >= 15 is 0 Å². The highest BCUT2D eigenvalue weighted by molar-refractivity contribution is 14.0. The van der Waals surface area contributed by atoms with Crippen molar-refractivity contribution in [3.05, 3.63) is 34.8 Å². The molecule has 0 saturated carbocycles. The van der Waals surface area contributed by atoms with E-state index in [1.54, 1.807) is 34.2 Å². The highest BCUT2D eigenvalue weighted by atomic mass is 127. The number of amides is 1. The molecule has 0 aromatic carbocycles. The first-order valence-electron chi connectivity index (χ1n) is 7.94. The fraction of sp³-hybridized carbons (Fsp3) is 0.438. The molecule has 3 heterocycles. The van der Waals surface area contributed by atoms with E-state index in [4.69, 9.17) is 0 Å². The quantitative estimate of drug-likeness (QED) is 0.415. The van der Waals surface area contributed by atoms with Crippen LogP contribution in [0.4, 0.5) is 5.69 Å². The highest BCUT2D eigenvalue weighted by Gasteiger charge is 2.27. The van der Waals surface area contributed by atoms with Gasteiger partial charge < -0.3 is 15.1 Å². The minimum atomic E-state index is 0. The lowest BCUT2D eigenvalue weighted by Gasteiger charge is -2.35. The Morgan fingerprint density at radius 1 is 1.44 bits per heavy atom. The number of hydrogen-bond donors (Lipinski definition) is 1. The van der Waals surface area contributed by atoms with E-state index < -0.39 is 0 Å². The number of piperazine rings is 1. The van der Waals surface area contributed by atoms with E-state index in [-0.39, 0.29) is 29.9 Å². The molecule has 0 bridgehead atoms. The molecule has 25 heavy (non-hydrogen) atoms. The zero-order valence-corrected chi connectivity index (χ0v) is 17.5. The second-order valence-corrected chi connectivity index (χ2v) is 6.67. The Morgan fingerprint density at radius 3 is 2.88 bits per heavy atom. The van der Waals surface area contributed by atoms with Crippen LogP contribution in [-0.4, -0.2) is 59.8 Å². The zero-order chi connectivity index (χ0) is 16.9. The summed E-state index contributed by atoms with van der Waals surface area (Å²) in [4.78, 5) is 21.9. The van der Waals surface area contributed by atoms with Crippen LogP contribution in [0.5, 0.6) is 0 Å². The number of aliphatic imine (C=N–C) groups is 1. The van der Waals surface area contributed by atoms with Crippen LogP contribution in [0.2, 0.25) is 0 Å². The van der Waals surface area contributed by atoms with Crippen LogP contribution in [0, 0.1) is 0 Å². The molecule has 1 aliphatic heterocycles. The van der Waals surface area contributed by atoms with Crippen molar-refractivity contribution in [2.24, 2.45) is 12.0 Å². The summed E-state index contributed by atoms with van der Waals surface area (Å²) in [5, 5.41) is 9.57. The van der Waals surface area contributed by atoms with Gasteiger partial charge in [-0.2, -0.15) is 5.10 Å². The Labute approximate surface area is 168 Å². The molecule has 2 aromatic heterocycles. The molecule has 9 heteroatoms. The monoisotopic (exact) mass is 474 g/mol. The molecule has 1 N–H and O–H groups in total. The van der Waals surface area contributed by atoms with Gasteiger partial charge in [-0.15, -0.1) is 35.3 Å². The van der Waals surface area contributed by atoms with E-state index in [0.717, 1.165) is 31.2 Å². The maximum Gasteiger partial charge on any atom is 0.246 e. The van der Waals surface area contributed by atoms with Crippen molar-refractivity contribution in [3.63, 3.8) is 0 Å². The SMILES string of the molecule is CN=C(NCCc1cccs1)N1CCN(c2cnn(C)c2)C(=O)C1.I. The van der Waals surface area contributed by atoms with Crippen LogP contribution < -0.4 is 10.2 Å². The Hall–Kier alpha value is -1.62. The Bertz CT molecular complexity index is 714. The summed E-state index contributed by atoms with van der Waals surface area (Å²) in [5.74, 6) is 0.848. The third-order valence-corrected chi connectivity index (χ3v) is 4.91. The smallest absolute Gasteiger partial charge is 0.246 e. The maximum atomic E-state index is 12.5. The zero-order valence-electron chi connectivity index (χ0n) is 14.4. The molecule has 7 nitrogen and oxygen atoms in total.